The summed E-state index contributed by atoms with van der Waals surface area (Å²) in [6.07, 6.45) is -2.38. The molecule has 274 valence electrons. The fraction of sp³-hybridized carbons (Fsp3) is 0.406. The van der Waals surface area contributed by atoms with Gasteiger partial charge in [0.2, 0.25) is 0 Å². The van der Waals surface area contributed by atoms with E-state index in [4.69, 9.17) is 18.8 Å². The number of halogens is 8. The third-order valence-electron chi connectivity index (χ3n) is 7.72. The fourth-order valence-electron chi connectivity index (χ4n) is 4.80. The van der Waals surface area contributed by atoms with Crippen LogP contribution < -0.4 is 4.74 Å². The minimum absolute atomic E-state index is 0.00446. The molecular weight excluding hydrogens is 728 g/mol. The average molecular weight is 760 g/mol. The standard InChI is InChI=1S/C32H30F8O8S2/c1-19-14-25(15-20(2)27(19)48-26(41)16-45-21(3)31(37,38)50(42,43)44)49(23-8-6-5-7-9-23)24-12-10-22(11-13-24)28(4)46-17-29(33,34)32(39,40)30(35,36)18-47-28/h5-15,21H,16-18H2,1-4H3/p+1. The van der Waals surface area contributed by atoms with Crippen LogP contribution in [0.3, 0.4) is 0 Å². The summed E-state index contributed by atoms with van der Waals surface area (Å²) in [7, 11) is -6.71. The van der Waals surface area contributed by atoms with Crippen molar-refractivity contribution in [2.75, 3.05) is 19.8 Å². The molecule has 0 bridgehead atoms. The van der Waals surface area contributed by atoms with E-state index in [1.165, 1.54) is 12.1 Å². The van der Waals surface area contributed by atoms with Gasteiger partial charge in [-0.2, -0.15) is 43.5 Å². The molecule has 2 atom stereocenters. The van der Waals surface area contributed by atoms with Crippen molar-refractivity contribution in [3.63, 3.8) is 0 Å². The number of benzene rings is 3. The molecular formula is C32H31F8O8S2+. The predicted octanol–water partition coefficient (Wildman–Crippen LogP) is 7.32. The van der Waals surface area contributed by atoms with Gasteiger partial charge in [0.1, 0.15) is 31.7 Å². The molecule has 3 aromatic carbocycles. The van der Waals surface area contributed by atoms with Crippen LogP contribution in [0.1, 0.15) is 30.5 Å². The Morgan fingerprint density at radius 3 is 1.84 bits per heavy atom. The highest BCUT2D eigenvalue weighted by Gasteiger charge is 2.73. The van der Waals surface area contributed by atoms with E-state index in [1.54, 1.807) is 56.3 Å². The first-order valence-electron chi connectivity index (χ1n) is 14.5. The lowest BCUT2D eigenvalue weighted by atomic mass is 10.0. The average Bonchev–Trinajstić information content (AvgIpc) is 3.03. The normalized spacial score (nSPS) is 19.9. The zero-order valence-electron chi connectivity index (χ0n) is 26.7. The van der Waals surface area contributed by atoms with Crippen molar-refractivity contribution in [1.29, 1.82) is 0 Å². The summed E-state index contributed by atoms with van der Waals surface area (Å²) in [4.78, 5) is 14.5. The summed E-state index contributed by atoms with van der Waals surface area (Å²) in [5.74, 6) is -19.4. The SMILES string of the molecule is Cc1cc([S+](c2ccccc2)c2ccc(C3(C)OCC(F)(F)C(F)(F)C(F)(F)CO3)cc2)cc(C)c1OC(=O)COC(C)C(F)(F)S(=O)(=O)O. The van der Waals surface area contributed by atoms with Crippen molar-refractivity contribution in [2.24, 2.45) is 0 Å². The quantitative estimate of drug-likeness (QED) is 0.0754. The van der Waals surface area contributed by atoms with Crippen LogP contribution in [0.15, 0.2) is 81.4 Å². The maximum atomic E-state index is 14.1. The van der Waals surface area contributed by atoms with Crippen molar-refractivity contribution in [3.8, 4) is 5.75 Å². The summed E-state index contributed by atoms with van der Waals surface area (Å²) in [6, 6.07) is 18.2. The molecule has 8 nitrogen and oxygen atoms in total. The largest absolute Gasteiger partial charge is 0.424 e. The number of hydrogen-bond donors (Lipinski definition) is 1. The van der Waals surface area contributed by atoms with E-state index in [-0.39, 0.29) is 11.3 Å². The van der Waals surface area contributed by atoms with Crippen LogP contribution in [0.4, 0.5) is 35.1 Å². The van der Waals surface area contributed by atoms with Gasteiger partial charge in [0.15, 0.2) is 20.5 Å². The number of hydrogen-bond acceptors (Lipinski definition) is 7. The van der Waals surface area contributed by atoms with Crippen molar-refractivity contribution < 1.29 is 71.8 Å². The van der Waals surface area contributed by atoms with Crippen LogP contribution in [0.5, 0.6) is 5.75 Å². The maximum Gasteiger partial charge on any atom is 0.394 e. The van der Waals surface area contributed by atoms with Crippen molar-refractivity contribution >= 4 is 27.0 Å². The Hall–Kier alpha value is -3.29. The second kappa shape index (κ2) is 14.0. The Bertz CT molecular complexity index is 1760. The molecule has 0 aliphatic carbocycles. The molecule has 0 spiro atoms. The Balaban J connectivity index is 1.61. The number of esters is 1. The number of alkyl halides is 8. The molecule has 1 aliphatic heterocycles. The van der Waals surface area contributed by atoms with Gasteiger partial charge in [-0.05, 0) is 75.2 Å². The molecule has 50 heavy (non-hydrogen) atoms. The fourth-order valence-corrected chi connectivity index (χ4v) is 7.54. The Morgan fingerprint density at radius 2 is 1.36 bits per heavy atom. The molecule has 2 unspecified atom stereocenters. The van der Waals surface area contributed by atoms with Crippen LogP contribution >= 0.6 is 0 Å². The zero-order valence-corrected chi connectivity index (χ0v) is 28.3. The lowest BCUT2D eigenvalue weighted by Gasteiger charge is -2.40. The van der Waals surface area contributed by atoms with Crippen molar-refractivity contribution in [2.45, 2.75) is 77.3 Å². The molecule has 4 rings (SSSR count). The number of rotatable bonds is 10. The van der Waals surface area contributed by atoms with Crippen LogP contribution in [-0.4, -0.2) is 67.9 Å². The summed E-state index contributed by atoms with van der Waals surface area (Å²) >= 11 is 0. The van der Waals surface area contributed by atoms with Crippen LogP contribution in [0, 0.1) is 13.8 Å². The van der Waals surface area contributed by atoms with Gasteiger partial charge in [0.25, 0.3) is 0 Å². The molecule has 1 aliphatic rings. The van der Waals surface area contributed by atoms with Gasteiger partial charge in [0, 0.05) is 17.7 Å². The zero-order chi connectivity index (χ0) is 37.5. The Morgan fingerprint density at radius 1 is 0.880 bits per heavy atom. The van der Waals surface area contributed by atoms with Gasteiger partial charge in [-0.3, -0.25) is 4.55 Å². The van der Waals surface area contributed by atoms with Crippen LogP contribution in [-0.2, 0) is 45.8 Å². The molecule has 0 radical (unpaired) electrons. The molecule has 3 aromatic rings. The molecule has 18 heteroatoms. The maximum absolute atomic E-state index is 14.1. The van der Waals surface area contributed by atoms with E-state index >= 15 is 0 Å². The number of aryl methyl sites for hydroxylation is 2. The van der Waals surface area contributed by atoms with Gasteiger partial charge in [-0.25, -0.2) is 4.79 Å². The van der Waals surface area contributed by atoms with Crippen LogP contribution in [0.25, 0.3) is 0 Å². The van der Waals surface area contributed by atoms with E-state index < -0.39 is 81.7 Å². The third-order valence-corrected chi connectivity index (χ3v) is 10.9. The third kappa shape index (κ3) is 7.79. The first-order chi connectivity index (χ1) is 22.9. The minimum Gasteiger partial charge on any atom is -0.424 e. The lowest BCUT2D eigenvalue weighted by Crippen LogP contribution is -2.61. The van der Waals surface area contributed by atoms with Gasteiger partial charge in [-0.15, -0.1) is 0 Å². The Kier molecular flexibility index (Phi) is 11.1. The Labute approximate surface area is 284 Å². The van der Waals surface area contributed by atoms with E-state index in [0.717, 1.165) is 11.8 Å². The molecule has 1 fully saturated rings. The molecule has 1 N–H and O–H groups in total. The molecule has 0 saturated carbocycles. The number of carbonyl (C=O) groups excluding carboxylic acids is 1. The van der Waals surface area contributed by atoms with Crippen molar-refractivity contribution in [3.05, 3.63) is 83.4 Å². The summed E-state index contributed by atoms with van der Waals surface area (Å²) in [5.41, 5.74) is 0.851. The van der Waals surface area contributed by atoms with E-state index in [1.807, 2.05) is 12.1 Å². The van der Waals surface area contributed by atoms with Gasteiger partial charge < -0.3 is 18.9 Å². The molecule has 0 amide bonds. The molecule has 1 heterocycles. The topological polar surface area (TPSA) is 108 Å². The first kappa shape index (κ1) is 39.5. The first-order valence-corrected chi connectivity index (χ1v) is 17.2. The van der Waals surface area contributed by atoms with E-state index in [2.05, 4.69) is 4.74 Å². The minimum atomic E-state index is -5.81. The highest BCUT2D eigenvalue weighted by molar-refractivity contribution is 7.97. The van der Waals surface area contributed by atoms with Crippen molar-refractivity contribution in [1.82, 2.24) is 0 Å². The number of carbonyl (C=O) groups is 1. The summed E-state index contributed by atoms with van der Waals surface area (Å²) in [6.45, 7) is -0.238. The monoisotopic (exact) mass is 759 g/mol. The van der Waals surface area contributed by atoms with Crippen LogP contribution in [0.2, 0.25) is 0 Å². The second-order valence-electron chi connectivity index (χ2n) is 11.5. The van der Waals surface area contributed by atoms with Gasteiger partial charge in [-0.1, -0.05) is 18.2 Å². The molecule has 0 aromatic heterocycles. The smallest absolute Gasteiger partial charge is 0.394 e. The summed E-state index contributed by atoms with van der Waals surface area (Å²) in [5, 5.41) is -4.68. The second-order valence-corrected chi connectivity index (χ2v) is 15.0. The number of ether oxygens (including phenoxy) is 4. The predicted molar refractivity (Wildman–Crippen MR) is 163 cm³/mol. The highest BCUT2D eigenvalue weighted by atomic mass is 32.2. The van der Waals surface area contributed by atoms with Gasteiger partial charge in [0.05, 0.1) is 10.9 Å². The van der Waals surface area contributed by atoms with Gasteiger partial charge >= 0.3 is 39.1 Å². The lowest BCUT2D eigenvalue weighted by molar-refractivity contribution is -0.387. The summed E-state index contributed by atoms with van der Waals surface area (Å²) < 4.78 is 162. The highest BCUT2D eigenvalue weighted by Crippen LogP contribution is 2.49. The molecule has 1 saturated heterocycles. The van der Waals surface area contributed by atoms with E-state index in [9.17, 15) is 48.3 Å². The van der Waals surface area contributed by atoms with E-state index in [0.29, 0.717) is 27.8 Å².